The van der Waals surface area contributed by atoms with Gasteiger partial charge in [0.15, 0.2) is 15.3 Å². The number of hydrogen-bond donors (Lipinski definition) is 0. The van der Waals surface area contributed by atoms with Gasteiger partial charge in [-0.3, -0.25) is 9.59 Å². The van der Waals surface area contributed by atoms with Crippen molar-refractivity contribution in [2.24, 2.45) is 0 Å². The average molecular weight is 503 g/mol. The largest absolute Gasteiger partial charge is 0.461 e. The van der Waals surface area contributed by atoms with E-state index < -0.39 is 32.5 Å². The number of sulfone groups is 1. The second-order valence-electron chi connectivity index (χ2n) is 7.84. The number of rotatable bonds is 13. The number of benzene rings is 2. The second kappa shape index (κ2) is 13.2. The number of carbonyl (C=O) groups excluding carboxylic acids is 2. The Labute approximate surface area is 206 Å². The molecule has 0 saturated heterocycles. The maximum Gasteiger partial charge on any atom is 0.303 e. The standard InChI is InChI=1S/C26H30O6S2/c1-19(17-26(32-22(4)28)33-23-11-7-5-8-12-23)15-25(16-20(2)18-31-21(3)27)34(29,30)24-13-9-6-10-14-24/h5-14,25-26H,1-2,15-18H2,3-4H3/t25-,26-/m1/s1. The summed E-state index contributed by atoms with van der Waals surface area (Å²) >= 11 is 1.37. The molecule has 0 aromatic heterocycles. The molecule has 0 radical (unpaired) electrons. The van der Waals surface area contributed by atoms with Crippen LogP contribution in [0.25, 0.3) is 0 Å². The summed E-state index contributed by atoms with van der Waals surface area (Å²) in [5, 5.41) is -0.856. The van der Waals surface area contributed by atoms with Gasteiger partial charge in [-0.15, -0.1) is 0 Å². The first-order chi connectivity index (χ1) is 16.1. The highest BCUT2D eigenvalue weighted by Gasteiger charge is 2.29. The van der Waals surface area contributed by atoms with E-state index in [0.29, 0.717) is 11.1 Å². The van der Waals surface area contributed by atoms with Crippen molar-refractivity contribution in [3.05, 3.63) is 85.0 Å². The fraction of sp³-hybridized carbons (Fsp3) is 0.308. The molecule has 0 saturated carbocycles. The monoisotopic (exact) mass is 502 g/mol. The molecule has 8 heteroatoms. The van der Waals surface area contributed by atoms with Crippen molar-refractivity contribution in [3.63, 3.8) is 0 Å². The van der Waals surface area contributed by atoms with Crippen molar-refractivity contribution in [1.29, 1.82) is 0 Å². The first kappa shape index (κ1) is 27.4. The predicted molar refractivity (Wildman–Crippen MR) is 134 cm³/mol. The van der Waals surface area contributed by atoms with Gasteiger partial charge >= 0.3 is 11.9 Å². The van der Waals surface area contributed by atoms with E-state index in [1.165, 1.54) is 25.6 Å². The van der Waals surface area contributed by atoms with Crippen molar-refractivity contribution < 1.29 is 27.5 Å². The fourth-order valence-corrected chi connectivity index (χ4v) is 6.22. The van der Waals surface area contributed by atoms with Gasteiger partial charge in [0.05, 0.1) is 10.1 Å². The molecule has 0 aliphatic heterocycles. The molecule has 0 fully saturated rings. The zero-order valence-electron chi connectivity index (χ0n) is 19.4. The molecule has 182 valence electrons. The molecule has 2 aromatic carbocycles. The molecule has 2 atom stereocenters. The molecule has 0 heterocycles. The Hall–Kier alpha value is -2.84. The van der Waals surface area contributed by atoms with E-state index in [4.69, 9.17) is 9.47 Å². The maximum absolute atomic E-state index is 13.4. The average Bonchev–Trinajstić information content (AvgIpc) is 2.78. The lowest BCUT2D eigenvalue weighted by Gasteiger charge is -2.23. The summed E-state index contributed by atoms with van der Waals surface area (Å²) in [6.07, 6.45) is 0.535. The van der Waals surface area contributed by atoms with Crippen LogP contribution in [0.15, 0.2) is 94.8 Å². The van der Waals surface area contributed by atoms with Crippen LogP contribution in [-0.4, -0.2) is 37.6 Å². The zero-order chi connectivity index (χ0) is 25.1. The minimum atomic E-state index is -3.72. The topological polar surface area (TPSA) is 86.7 Å². The highest BCUT2D eigenvalue weighted by Crippen LogP contribution is 2.32. The molecular weight excluding hydrogens is 472 g/mol. The normalized spacial score (nSPS) is 12.9. The molecule has 2 rings (SSSR count). The Morgan fingerprint density at radius 1 is 0.853 bits per heavy atom. The van der Waals surface area contributed by atoms with Gasteiger partial charge in [-0.25, -0.2) is 8.42 Å². The Kier molecular flexibility index (Phi) is 10.6. The third-order valence-corrected chi connectivity index (χ3v) is 8.00. The van der Waals surface area contributed by atoms with Gasteiger partial charge in [0.2, 0.25) is 0 Å². The number of ether oxygens (including phenoxy) is 2. The van der Waals surface area contributed by atoms with Crippen molar-refractivity contribution in [3.8, 4) is 0 Å². The molecule has 0 bridgehead atoms. The van der Waals surface area contributed by atoms with Crippen LogP contribution >= 0.6 is 11.8 Å². The van der Waals surface area contributed by atoms with E-state index in [1.54, 1.807) is 30.3 Å². The van der Waals surface area contributed by atoms with Crippen molar-refractivity contribution in [2.45, 2.75) is 53.6 Å². The van der Waals surface area contributed by atoms with Crippen LogP contribution in [0, 0.1) is 0 Å². The molecule has 0 aliphatic rings. The predicted octanol–water partition coefficient (Wildman–Crippen LogP) is 5.36. The van der Waals surface area contributed by atoms with Crippen LogP contribution in [0.3, 0.4) is 0 Å². The number of hydrogen-bond acceptors (Lipinski definition) is 7. The Morgan fingerprint density at radius 2 is 1.41 bits per heavy atom. The fourth-order valence-electron chi connectivity index (χ4n) is 3.26. The highest BCUT2D eigenvalue weighted by atomic mass is 32.2. The first-order valence-corrected chi connectivity index (χ1v) is 13.1. The summed E-state index contributed by atoms with van der Waals surface area (Å²) in [4.78, 5) is 23.9. The van der Waals surface area contributed by atoms with E-state index in [2.05, 4.69) is 13.2 Å². The van der Waals surface area contributed by atoms with E-state index >= 15 is 0 Å². The molecule has 0 unspecified atom stereocenters. The quantitative estimate of drug-likeness (QED) is 0.158. The zero-order valence-corrected chi connectivity index (χ0v) is 21.1. The first-order valence-electron chi connectivity index (χ1n) is 10.7. The minimum absolute atomic E-state index is 0.0530. The van der Waals surface area contributed by atoms with Gasteiger partial charge < -0.3 is 9.47 Å². The molecular formula is C26H30O6S2. The minimum Gasteiger partial charge on any atom is -0.461 e. The van der Waals surface area contributed by atoms with Crippen molar-refractivity contribution in [1.82, 2.24) is 0 Å². The molecule has 0 aliphatic carbocycles. The molecule has 34 heavy (non-hydrogen) atoms. The van der Waals surface area contributed by atoms with Crippen LogP contribution in [0.4, 0.5) is 0 Å². The molecule has 0 spiro atoms. The number of esters is 2. The molecule has 0 amide bonds. The van der Waals surface area contributed by atoms with Crippen molar-refractivity contribution in [2.75, 3.05) is 6.61 Å². The summed E-state index contributed by atoms with van der Waals surface area (Å²) in [5.41, 5.74) is 0.568. The van der Waals surface area contributed by atoms with Gasteiger partial charge in [-0.1, -0.05) is 66.9 Å². The summed E-state index contributed by atoms with van der Waals surface area (Å²) in [6.45, 7) is 10.5. The van der Waals surface area contributed by atoms with Crippen LogP contribution < -0.4 is 0 Å². The van der Waals surface area contributed by atoms with E-state index in [0.717, 1.165) is 4.90 Å². The number of thioether (sulfide) groups is 1. The third-order valence-electron chi connectivity index (χ3n) is 4.79. The van der Waals surface area contributed by atoms with Crippen LogP contribution in [-0.2, 0) is 28.9 Å². The van der Waals surface area contributed by atoms with Crippen LogP contribution in [0.1, 0.15) is 33.1 Å². The van der Waals surface area contributed by atoms with Gasteiger partial charge in [-0.2, -0.15) is 0 Å². The number of carbonyl (C=O) groups is 2. The van der Waals surface area contributed by atoms with Gasteiger partial charge in [0.1, 0.15) is 6.61 Å². The summed E-state index contributed by atoms with van der Waals surface area (Å²) in [5.74, 6) is -0.889. The third kappa shape index (κ3) is 9.19. The van der Waals surface area contributed by atoms with Crippen LogP contribution in [0.2, 0.25) is 0 Å². The summed E-state index contributed by atoms with van der Waals surface area (Å²) in [6, 6.07) is 17.7. The van der Waals surface area contributed by atoms with Gasteiger partial charge in [0, 0.05) is 25.2 Å². The summed E-state index contributed by atoms with van der Waals surface area (Å²) < 4.78 is 37.3. The Balaban J connectivity index is 2.20. The highest BCUT2D eigenvalue weighted by molar-refractivity contribution is 7.99. The molecule has 0 N–H and O–H groups in total. The lowest BCUT2D eigenvalue weighted by Crippen LogP contribution is -2.25. The van der Waals surface area contributed by atoms with Crippen LogP contribution in [0.5, 0.6) is 0 Å². The molecule has 2 aromatic rings. The molecule has 6 nitrogen and oxygen atoms in total. The van der Waals surface area contributed by atoms with Crippen molar-refractivity contribution >= 4 is 33.5 Å². The van der Waals surface area contributed by atoms with E-state index in [1.807, 2.05) is 30.3 Å². The second-order valence-corrected chi connectivity index (χ2v) is 11.3. The smallest absolute Gasteiger partial charge is 0.303 e. The lowest BCUT2D eigenvalue weighted by molar-refractivity contribution is -0.142. The maximum atomic E-state index is 13.4. The Bertz CT molecular complexity index is 1090. The lowest BCUT2D eigenvalue weighted by atomic mass is 10.0. The van der Waals surface area contributed by atoms with E-state index in [9.17, 15) is 18.0 Å². The summed E-state index contributed by atoms with van der Waals surface area (Å²) in [7, 11) is -3.72. The van der Waals surface area contributed by atoms with E-state index in [-0.39, 0.29) is 30.8 Å². The SMILES string of the molecule is C=C(COC(C)=O)C[C@@H](CC(=C)C[C@H](OC(C)=O)Sc1ccccc1)S(=O)(=O)c1ccccc1. The van der Waals surface area contributed by atoms with Gasteiger partial charge in [-0.05, 0) is 42.7 Å². The van der Waals surface area contributed by atoms with Gasteiger partial charge in [0.25, 0.3) is 0 Å². The Morgan fingerprint density at radius 3 is 1.97 bits per heavy atom.